The van der Waals surface area contributed by atoms with E-state index >= 15 is 0 Å². The summed E-state index contributed by atoms with van der Waals surface area (Å²) < 4.78 is 29.0. The van der Waals surface area contributed by atoms with E-state index in [0.29, 0.717) is 11.4 Å². The molecular formula is C20H22N2O6S2. The van der Waals surface area contributed by atoms with E-state index in [1.807, 2.05) is 0 Å². The molecule has 0 aliphatic heterocycles. The first-order valence-electron chi connectivity index (χ1n) is 9.53. The molecular weight excluding hydrogens is 428 g/mol. The van der Waals surface area contributed by atoms with Gasteiger partial charge in [-0.2, -0.15) is 0 Å². The zero-order valence-electron chi connectivity index (χ0n) is 16.6. The first kappa shape index (κ1) is 22.0. The average molecular weight is 451 g/mol. The van der Waals surface area contributed by atoms with Gasteiger partial charge in [0, 0.05) is 10.4 Å². The number of amides is 3. The van der Waals surface area contributed by atoms with Gasteiger partial charge < -0.3 is 10.1 Å². The molecule has 30 heavy (non-hydrogen) atoms. The molecule has 0 saturated heterocycles. The monoisotopic (exact) mass is 450 g/mol. The SMILES string of the molecule is CCOC(=O)NC(=O)c1c(NC(=O)c2cccc(S(=O)(=O)CC)c2)sc2c1CCC2. The predicted molar refractivity (Wildman–Crippen MR) is 113 cm³/mol. The predicted octanol–water partition coefficient (Wildman–Crippen LogP) is 3.17. The number of anilines is 1. The van der Waals surface area contributed by atoms with E-state index in [4.69, 9.17) is 4.74 Å². The molecule has 8 nitrogen and oxygen atoms in total. The molecule has 0 unspecified atom stereocenters. The number of nitrogens with one attached hydrogen (secondary N) is 2. The zero-order valence-corrected chi connectivity index (χ0v) is 18.2. The van der Waals surface area contributed by atoms with E-state index in [1.165, 1.54) is 42.5 Å². The maximum Gasteiger partial charge on any atom is 0.414 e. The molecule has 1 aromatic heterocycles. The second-order valence-corrected chi connectivity index (χ2v) is 10.0. The highest BCUT2D eigenvalue weighted by Gasteiger charge is 2.29. The van der Waals surface area contributed by atoms with Gasteiger partial charge in [-0.3, -0.25) is 14.9 Å². The summed E-state index contributed by atoms with van der Waals surface area (Å²) >= 11 is 1.29. The fourth-order valence-corrected chi connectivity index (χ4v) is 5.44. The van der Waals surface area contributed by atoms with Crippen molar-refractivity contribution in [3.8, 4) is 0 Å². The Morgan fingerprint density at radius 1 is 1.13 bits per heavy atom. The molecule has 1 aliphatic rings. The Kier molecular flexibility index (Phi) is 6.57. The van der Waals surface area contributed by atoms with E-state index in [-0.39, 0.29) is 28.4 Å². The summed E-state index contributed by atoms with van der Waals surface area (Å²) in [6.45, 7) is 3.29. The summed E-state index contributed by atoms with van der Waals surface area (Å²) in [5.41, 5.74) is 1.24. The third kappa shape index (κ3) is 4.54. The summed E-state index contributed by atoms with van der Waals surface area (Å²) in [5, 5.41) is 5.22. The summed E-state index contributed by atoms with van der Waals surface area (Å²) in [6.07, 6.45) is 1.51. The van der Waals surface area contributed by atoms with Crippen molar-refractivity contribution in [2.24, 2.45) is 0 Å². The van der Waals surface area contributed by atoms with E-state index in [1.54, 1.807) is 6.92 Å². The van der Waals surface area contributed by atoms with Crippen LogP contribution in [0.2, 0.25) is 0 Å². The van der Waals surface area contributed by atoms with Gasteiger partial charge >= 0.3 is 6.09 Å². The molecule has 1 aromatic carbocycles. The number of imide groups is 1. The third-order valence-corrected chi connectivity index (χ3v) is 7.64. The lowest BCUT2D eigenvalue weighted by Crippen LogP contribution is -2.32. The molecule has 0 fully saturated rings. The van der Waals surface area contributed by atoms with Crippen LogP contribution in [0.1, 0.15) is 51.4 Å². The van der Waals surface area contributed by atoms with Crippen molar-refractivity contribution in [3.63, 3.8) is 0 Å². The Labute approximate surface area is 178 Å². The van der Waals surface area contributed by atoms with Gasteiger partial charge in [0.05, 0.1) is 22.8 Å². The lowest BCUT2D eigenvalue weighted by molar-refractivity contribution is 0.0925. The second kappa shape index (κ2) is 8.97. The molecule has 0 bridgehead atoms. The number of sulfone groups is 1. The van der Waals surface area contributed by atoms with Crippen molar-refractivity contribution in [1.29, 1.82) is 0 Å². The number of benzene rings is 1. The highest BCUT2D eigenvalue weighted by Crippen LogP contribution is 2.39. The van der Waals surface area contributed by atoms with Crippen LogP contribution in [-0.4, -0.2) is 38.7 Å². The lowest BCUT2D eigenvalue weighted by atomic mass is 10.1. The van der Waals surface area contributed by atoms with Crippen LogP contribution in [0.4, 0.5) is 9.80 Å². The number of aryl methyl sites for hydroxylation is 1. The standard InChI is InChI=1S/C20H22N2O6S2/c1-3-28-20(25)22-18(24)16-14-9-6-10-15(14)29-19(16)21-17(23)12-7-5-8-13(11-12)30(26,27)4-2/h5,7-8,11H,3-4,6,9-10H2,1-2H3,(H,21,23)(H,22,24,25). The van der Waals surface area contributed by atoms with E-state index < -0.39 is 27.7 Å². The van der Waals surface area contributed by atoms with E-state index in [2.05, 4.69) is 10.6 Å². The van der Waals surface area contributed by atoms with Gasteiger partial charge in [0.1, 0.15) is 5.00 Å². The van der Waals surface area contributed by atoms with Crippen LogP contribution in [0.25, 0.3) is 0 Å². The topological polar surface area (TPSA) is 119 Å². The van der Waals surface area contributed by atoms with Crippen LogP contribution in [0.5, 0.6) is 0 Å². The molecule has 10 heteroatoms. The van der Waals surface area contributed by atoms with Crippen molar-refractivity contribution in [2.45, 2.75) is 38.0 Å². The molecule has 2 aromatic rings. The number of thiophene rings is 1. The van der Waals surface area contributed by atoms with Gasteiger partial charge in [-0.15, -0.1) is 11.3 Å². The summed E-state index contributed by atoms with van der Waals surface area (Å²) in [5.74, 6) is -1.24. The molecule has 0 saturated carbocycles. The number of alkyl carbamates (subject to hydrolysis) is 1. The van der Waals surface area contributed by atoms with Gasteiger partial charge in [-0.05, 0) is 49.9 Å². The molecule has 160 valence electrons. The molecule has 0 radical (unpaired) electrons. The Bertz CT molecular complexity index is 1100. The van der Waals surface area contributed by atoms with Crippen LogP contribution >= 0.6 is 11.3 Å². The fraction of sp³-hybridized carbons (Fsp3) is 0.350. The Morgan fingerprint density at radius 3 is 2.60 bits per heavy atom. The second-order valence-electron chi connectivity index (χ2n) is 6.62. The highest BCUT2D eigenvalue weighted by molar-refractivity contribution is 7.91. The van der Waals surface area contributed by atoms with Crippen molar-refractivity contribution in [3.05, 3.63) is 45.8 Å². The number of carbonyl (C=O) groups is 3. The van der Waals surface area contributed by atoms with Crippen LogP contribution < -0.4 is 10.6 Å². The summed E-state index contributed by atoms with van der Waals surface area (Å²) in [4.78, 5) is 38.2. The van der Waals surface area contributed by atoms with Crippen molar-refractivity contribution in [2.75, 3.05) is 17.7 Å². The van der Waals surface area contributed by atoms with E-state index in [0.717, 1.165) is 23.3 Å². The van der Waals surface area contributed by atoms with Crippen LogP contribution in [-0.2, 0) is 27.4 Å². The molecule has 3 rings (SSSR count). The molecule has 0 spiro atoms. The number of hydrogen-bond acceptors (Lipinski definition) is 7. The maximum atomic E-state index is 12.8. The quantitative estimate of drug-likeness (QED) is 0.698. The van der Waals surface area contributed by atoms with Gasteiger partial charge in [0.25, 0.3) is 11.8 Å². The first-order chi connectivity index (χ1) is 14.3. The van der Waals surface area contributed by atoms with Gasteiger partial charge in [0.2, 0.25) is 0 Å². The summed E-state index contributed by atoms with van der Waals surface area (Å²) in [6, 6.07) is 5.76. The minimum atomic E-state index is -3.46. The number of hydrogen-bond donors (Lipinski definition) is 2. The lowest BCUT2D eigenvalue weighted by Gasteiger charge is -2.10. The molecule has 1 heterocycles. The minimum absolute atomic E-state index is 0.0617. The van der Waals surface area contributed by atoms with Crippen molar-refractivity contribution < 1.29 is 27.5 Å². The number of ether oxygens (including phenoxy) is 1. The Hall–Kier alpha value is -2.72. The molecule has 0 atom stereocenters. The zero-order chi connectivity index (χ0) is 21.9. The number of fused-ring (bicyclic) bond motifs is 1. The number of carbonyl (C=O) groups excluding carboxylic acids is 3. The normalized spacial score (nSPS) is 12.9. The van der Waals surface area contributed by atoms with Gasteiger partial charge in [0.15, 0.2) is 9.84 Å². The average Bonchev–Trinajstić information content (AvgIpc) is 3.28. The van der Waals surface area contributed by atoms with Gasteiger partial charge in [-0.1, -0.05) is 13.0 Å². The van der Waals surface area contributed by atoms with Gasteiger partial charge in [-0.25, -0.2) is 13.2 Å². The number of rotatable bonds is 6. The first-order valence-corrected chi connectivity index (χ1v) is 12.0. The van der Waals surface area contributed by atoms with Crippen LogP contribution in [0.3, 0.4) is 0 Å². The third-order valence-electron chi connectivity index (χ3n) is 4.70. The van der Waals surface area contributed by atoms with Crippen molar-refractivity contribution in [1.82, 2.24) is 5.32 Å². The highest BCUT2D eigenvalue weighted by atomic mass is 32.2. The Morgan fingerprint density at radius 2 is 1.90 bits per heavy atom. The molecule has 1 aliphatic carbocycles. The summed E-state index contributed by atoms with van der Waals surface area (Å²) in [7, 11) is -3.46. The smallest absolute Gasteiger partial charge is 0.414 e. The Balaban J connectivity index is 1.89. The van der Waals surface area contributed by atoms with Crippen LogP contribution in [0, 0.1) is 0 Å². The largest absolute Gasteiger partial charge is 0.450 e. The minimum Gasteiger partial charge on any atom is -0.450 e. The van der Waals surface area contributed by atoms with Crippen LogP contribution in [0.15, 0.2) is 29.2 Å². The fourth-order valence-electron chi connectivity index (χ4n) is 3.23. The molecule has 3 amide bonds. The molecule has 2 N–H and O–H groups in total. The van der Waals surface area contributed by atoms with Crippen molar-refractivity contribution >= 4 is 44.1 Å². The van der Waals surface area contributed by atoms with E-state index in [9.17, 15) is 22.8 Å². The maximum absolute atomic E-state index is 12.8.